The minimum Gasteiger partial charge on any atom is -0.403 e. The Morgan fingerprint density at radius 1 is 1.23 bits per heavy atom. The third kappa shape index (κ3) is 6.94. The Hall–Kier alpha value is -1.14. The SMILES string of the molecule is C=CSN1CCN(Cc2ccc(OC(F)(F)F)c(F)c2)C(CN2CCS(=O)CC2)C1. The van der Waals surface area contributed by atoms with Gasteiger partial charge in [-0.15, -0.1) is 13.2 Å². The minimum absolute atomic E-state index is 0.159. The number of hydrogen-bond donors (Lipinski definition) is 0. The molecule has 2 heterocycles. The second-order valence-corrected chi connectivity index (χ2v) is 10.0. The highest BCUT2D eigenvalue weighted by atomic mass is 32.2. The van der Waals surface area contributed by atoms with Crippen molar-refractivity contribution in [2.75, 3.05) is 50.8 Å². The lowest BCUT2D eigenvalue weighted by molar-refractivity contribution is -0.275. The van der Waals surface area contributed by atoms with Crippen molar-refractivity contribution in [2.24, 2.45) is 0 Å². The predicted molar refractivity (Wildman–Crippen MR) is 111 cm³/mol. The molecule has 2 aliphatic heterocycles. The van der Waals surface area contributed by atoms with Crippen molar-refractivity contribution in [1.29, 1.82) is 0 Å². The molecule has 0 radical (unpaired) electrons. The van der Waals surface area contributed by atoms with Crippen LogP contribution in [-0.2, 0) is 17.3 Å². The highest BCUT2D eigenvalue weighted by Gasteiger charge is 2.33. The van der Waals surface area contributed by atoms with Gasteiger partial charge in [0.1, 0.15) is 0 Å². The fourth-order valence-corrected chi connectivity index (χ4v) is 5.47. The Balaban J connectivity index is 1.67. The zero-order chi connectivity index (χ0) is 21.7. The normalized spacial score (nSPS) is 22.9. The summed E-state index contributed by atoms with van der Waals surface area (Å²) in [7, 11) is -0.747. The lowest BCUT2D eigenvalue weighted by Crippen LogP contribution is -2.56. The predicted octanol–water partition coefficient (Wildman–Crippen LogP) is 3.07. The second kappa shape index (κ2) is 10.4. The molecule has 1 aromatic carbocycles. The summed E-state index contributed by atoms with van der Waals surface area (Å²) in [5, 5.41) is 1.78. The molecule has 0 N–H and O–H groups in total. The summed E-state index contributed by atoms with van der Waals surface area (Å²) in [5.41, 5.74) is 0.594. The molecule has 5 nitrogen and oxygen atoms in total. The van der Waals surface area contributed by atoms with E-state index >= 15 is 0 Å². The number of halogens is 4. The highest BCUT2D eigenvalue weighted by Crippen LogP contribution is 2.27. The van der Waals surface area contributed by atoms with Gasteiger partial charge in [0.2, 0.25) is 0 Å². The number of alkyl halides is 3. The van der Waals surface area contributed by atoms with Crippen LogP contribution in [0.5, 0.6) is 5.75 Å². The molecule has 1 aromatic rings. The summed E-state index contributed by atoms with van der Waals surface area (Å²) in [6, 6.07) is 3.76. The second-order valence-electron chi connectivity index (χ2n) is 7.25. The van der Waals surface area contributed by atoms with Crippen molar-refractivity contribution in [2.45, 2.75) is 18.9 Å². The maximum Gasteiger partial charge on any atom is 0.573 e. The molecule has 0 bridgehead atoms. The average molecular weight is 468 g/mol. The zero-order valence-corrected chi connectivity index (χ0v) is 18.1. The van der Waals surface area contributed by atoms with Gasteiger partial charge in [0.05, 0.1) is 0 Å². The van der Waals surface area contributed by atoms with Gasteiger partial charge in [0.25, 0.3) is 0 Å². The summed E-state index contributed by atoms with van der Waals surface area (Å²) in [6.45, 7) is 8.88. The van der Waals surface area contributed by atoms with Gasteiger partial charge in [0, 0.05) is 74.2 Å². The largest absolute Gasteiger partial charge is 0.573 e. The van der Waals surface area contributed by atoms with E-state index in [-0.39, 0.29) is 6.04 Å². The Morgan fingerprint density at radius 3 is 2.60 bits per heavy atom. The molecule has 1 atom stereocenters. The number of rotatable bonds is 7. The monoisotopic (exact) mass is 467 g/mol. The van der Waals surface area contributed by atoms with Crippen LogP contribution in [0.2, 0.25) is 0 Å². The van der Waals surface area contributed by atoms with Crippen LogP contribution in [0.25, 0.3) is 0 Å². The van der Waals surface area contributed by atoms with E-state index in [9.17, 15) is 21.8 Å². The molecule has 2 aliphatic rings. The molecule has 168 valence electrons. The van der Waals surface area contributed by atoms with Gasteiger partial charge in [-0.1, -0.05) is 24.6 Å². The molecule has 3 rings (SSSR count). The quantitative estimate of drug-likeness (QED) is 0.453. The van der Waals surface area contributed by atoms with Gasteiger partial charge < -0.3 is 4.74 Å². The van der Waals surface area contributed by atoms with Crippen LogP contribution < -0.4 is 4.74 Å². The van der Waals surface area contributed by atoms with Crippen molar-refractivity contribution >= 4 is 22.7 Å². The maximum absolute atomic E-state index is 14.1. The smallest absolute Gasteiger partial charge is 0.403 e. The molecule has 2 fully saturated rings. The zero-order valence-electron chi connectivity index (χ0n) is 16.4. The average Bonchev–Trinajstić information content (AvgIpc) is 2.67. The first-order valence-electron chi connectivity index (χ1n) is 9.61. The van der Waals surface area contributed by atoms with Crippen LogP contribution in [0.15, 0.2) is 30.2 Å². The van der Waals surface area contributed by atoms with Crippen molar-refractivity contribution in [3.8, 4) is 5.75 Å². The van der Waals surface area contributed by atoms with Gasteiger partial charge >= 0.3 is 6.36 Å². The molecule has 11 heteroatoms. The first-order valence-corrected chi connectivity index (χ1v) is 11.9. The van der Waals surface area contributed by atoms with Crippen LogP contribution in [0.4, 0.5) is 17.6 Å². The fourth-order valence-electron chi connectivity index (χ4n) is 3.69. The minimum atomic E-state index is -4.93. The summed E-state index contributed by atoms with van der Waals surface area (Å²) in [4.78, 5) is 4.52. The van der Waals surface area contributed by atoms with Crippen LogP contribution in [0.3, 0.4) is 0 Å². The molecule has 1 unspecified atom stereocenters. The van der Waals surface area contributed by atoms with E-state index in [4.69, 9.17) is 0 Å². The molecule has 2 saturated heterocycles. The van der Waals surface area contributed by atoms with E-state index in [0.717, 1.165) is 51.4 Å². The third-order valence-electron chi connectivity index (χ3n) is 5.14. The van der Waals surface area contributed by atoms with E-state index in [1.807, 2.05) is 0 Å². The fraction of sp³-hybridized carbons (Fsp3) is 0.579. The summed E-state index contributed by atoms with van der Waals surface area (Å²) < 4.78 is 68.7. The van der Waals surface area contributed by atoms with Gasteiger partial charge in [0.15, 0.2) is 11.6 Å². The van der Waals surface area contributed by atoms with Gasteiger partial charge in [-0.3, -0.25) is 14.0 Å². The Morgan fingerprint density at radius 2 is 1.97 bits per heavy atom. The standard InChI is InChI=1S/C19H25F4N3O2S2/c1-2-29-26-6-5-25(16(14-26)13-24-7-9-30(27)10-8-24)12-15-3-4-18(17(20)11-15)28-19(21,22)23/h2-4,11,16H,1,5-10,12-14H2. The van der Waals surface area contributed by atoms with E-state index < -0.39 is 28.7 Å². The summed E-state index contributed by atoms with van der Waals surface area (Å²) >= 11 is 1.56. The first kappa shape index (κ1) is 23.5. The van der Waals surface area contributed by atoms with Crippen LogP contribution in [-0.4, -0.2) is 81.5 Å². The number of nitrogens with zero attached hydrogens (tertiary/aromatic N) is 3. The van der Waals surface area contributed by atoms with E-state index in [0.29, 0.717) is 23.6 Å². The molecule has 0 aromatic heterocycles. The Kier molecular flexibility index (Phi) is 8.19. The number of benzene rings is 1. The Labute approximate surface area is 180 Å². The molecule has 0 saturated carbocycles. The van der Waals surface area contributed by atoms with Crippen molar-refractivity contribution < 1.29 is 26.5 Å². The number of hydrogen-bond acceptors (Lipinski definition) is 6. The Bertz CT molecular complexity index is 756. The van der Waals surface area contributed by atoms with Gasteiger partial charge in [-0.2, -0.15) is 0 Å². The maximum atomic E-state index is 14.1. The number of ether oxygens (including phenoxy) is 1. The van der Waals surface area contributed by atoms with Gasteiger partial charge in [-0.05, 0) is 23.1 Å². The van der Waals surface area contributed by atoms with Crippen LogP contribution >= 0.6 is 11.9 Å². The molecule has 0 amide bonds. The van der Waals surface area contributed by atoms with Gasteiger partial charge in [-0.25, -0.2) is 8.70 Å². The number of piperazine rings is 1. The summed E-state index contributed by atoms with van der Waals surface area (Å²) in [6.07, 6.45) is -4.93. The van der Waals surface area contributed by atoms with Crippen molar-refractivity contribution in [3.05, 3.63) is 41.6 Å². The van der Waals surface area contributed by atoms with Crippen molar-refractivity contribution in [3.63, 3.8) is 0 Å². The topological polar surface area (TPSA) is 36.0 Å². The van der Waals surface area contributed by atoms with Crippen LogP contribution in [0.1, 0.15) is 5.56 Å². The van der Waals surface area contributed by atoms with E-state index in [1.54, 1.807) is 17.4 Å². The molecular weight excluding hydrogens is 442 g/mol. The highest BCUT2D eigenvalue weighted by molar-refractivity contribution is 7.99. The van der Waals surface area contributed by atoms with Crippen molar-refractivity contribution in [1.82, 2.24) is 14.1 Å². The molecule has 30 heavy (non-hydrogen) atoms. The lowest BCUT2D eigenvalue weighted by Gasteiger charge is -2.43. The first-order chi connectivity index (χ1) is 14.2. The lowest BCUT2D eigenvalue weighted by atomic mass is 10.1. The van der Waals surface area contributed by atoms with E-state index in [2.05, 4.69) is 25.4 Å². The summed E-state index contributed by atoms with van der Waals surface area (Å²) in [5.74, 6) is -0.509. The van der Waals surface area contributed by atoms with Crippen LogP contribution in [0, 0.1) is 5.82 Å². The third-order valence-corrected chi connectivity index (χ3v) is 7.19. The molecule has 0 aliphatic carbocycles. The molecule has 0 spiro atoms. The molecular formula is C19H25F4N3O2S2. The van der Waals surface area contributed by atoms with E-state index in [1.165, 1.54) is 6.07 Å².